The SMILES string of the molecule is CCc1cccc(C=O)c1[AsH]C. The molecule has 0 radical (unpaired) electrons. The van der Waals surface area contributed by atoms with Crippen LogP contribution in [0, 0.1) is 0 Å². The van der Waals surface area contributed by atoms with Gasteiger partial charge in [-0.15, -0.1) is 0 Å². The molecule has 0 heterocycles. The third-order valence-corrected chi connectivity index (χ3v) is 4.27. The van der Waals surface area contributed by atoms with E-state index in [1.165, 1.54) is 9.91 Å². The summed E-state index contributed by atoms with van der Waals surface area (Å²) in [5.74, 6) is 0. The number of carbonyl (C=O) groups is 1. The molecule has 64 valence electrons. The molecule has 0 aliphatic heterocycles. The van der Waals surface area contributed by atoms with Crippen LogP contribution in [0.15, 0.2) is 18.2 Å². The van der Waals surface area contributed by atoms with Crippen molar-refractivity contribution in [1.29, 1.82) is 0 Å². The Balaban J connectivity index is 3.21. The summed E-state index contributed by atoms with van der Waals surface area (Å²) in [5.41, 5.74) is 4.46. The Labute approximate surface area is 79.9 Å². The molecule has 0 N–H and O–H groups in total. The monoisotopic (exact) mass is 224 g/mol. The van der Waals surface area contributed by atoms with Gasteiger partial charge in [0.1, 0.15) is 0 Å². The first kappa shape index (κ1) is 9.54. The maximum atomic E-state index is 10.7. The Morgan fingerprint density at radius 1 is 1.50 bits per heavy atom. The number of hydrogen-bond acceptors (Lipinski definition) is 1. The second-order valence-corrected chi connectivity index (χ2v) is 4.70. The van der Waals surface area contributed by atoms with Crippen molar-refractivity contribution in [2.75, 3.05) is 0 Å². The van der Waals surface area contributed by atoms with Crippen molar-refractivity contribution in [3.05, 3.63) is 29.3 Å². The van der Waals surface area contributed by atoms with E-state index in [1.54, 1.807) is 0 Å². The third-order valence-electron chi connectivity index (χ3n) is 1.94. The zero-order chi connectivity index (χ0) is 8.97. The summed E-state index contributed by atoms with van der Waals surface area (Å²) in [4.78, 5) is 10.7. The van der Waals surface area contributed by atoms with E-state index < -0.39 is 0 Å². The molecule has 0 aromatic heterocycles. The van der Waals surface area contributed by atoms with Gasteiger partial charge >= 0.3 is 79.6 Å². The van der Waals surface area contributed by atoms with Crippen molar-refractivity contribution in [3.63, 3.8) is 0 Å². The Kier molecular flexibility index (Phi) is 3.55. The molecule has 0 aliphatic rings. The number of carbonyl (C=O) groups excluding carboxylic acids is 1. The van der Waals surface area contributed by atoms with Gasteiger partial charge < -0.3 is 0 Å². The molecular weight excluding hydrogens is 211 g/mol. The van der Waals surface area contributed by atoms with Crippen LogP contribution in [0.1, 0.15) is 22.8 Å². The summed E-state index contributed by atoms with van der Waals surface area (Å²) in [6.07, 6.45) is 2.01. The molecule has 2 heteroatoms. The van der Waals surface area contributed by atoms with E-state index in [0.717, 1.165) is 18.3 Å². The number of benzene rings is 1. The van der Waals surface area contributed by atoms with Gasteiger partial charge in [0.05, 0.1) is 0 Å². The second kappa shape index (κ2) is 4.47. The summed E-state index contributed by atoms with van der Waals surface area (Å²) in [7, 11) is 0. The molecule has 1 rings (SSSR count). The van der Waals surface area contributed by atoms with Crippen molar-refractivity contribution < 1.29 is 4.79 Å². The molecule has 0 amide bonds. The first-order valence-corrected chi connectivity index (χ1v) is 7.23. The van der Waals surface area contributed by atoms with Crippen LogP contribution in [0.4, 0.5) is 0 Å². The van der Waals surface area contributed by atoms with Gasteiger partial charge in [0, 0.05) is 0 Å². The fraction of sp³-hybridized carbons (Fsp3) is 0.300. The maximum absolute atomic E-state index is 10.7. The summed E-state index contributed by atoms with van der Waals surface area (Å²) in [5, 5.41) is 0. The summed E-state index contributed by atoms with van der Waals surface area (Å²) in [6, 6.07) is 6.00. The van der Waals surface area contributed by atoms with Crippen LogP contribution in [0.5, 0.6) is 0 Å². The fourth-order valence-corrected chi connectivity index (χ4v) is 3.44. The molecular formula is C10H13AsO. The first-order chi connectivity index (χ1) is 5.83. The molecule has 1 aromatic rings. The van der Waals surface area contributed by atoms with E-state index in [9.17, 15) is 4.79 Å². The molecule has 0 aliphatic carbocycles. The first-order valence-electron chi connectivity index (χ1n) is 4.08. The van der Waals surface area contributed by atoms with Crippen LogP contribution in [0.3, 0.4) is 0 Å². The van der Waals surface area contributed by atoms with E-state index in [-0.39, 0.29) is 15.8 Å². The molecule has 1 unspecified atom stereocenters. The van der Waals surface area contributed by atoms with Gasteiger partial charge in [-0.1, -0.05) is 0 Å². The van der Waals surface area contributed by atoms with Crippen LogP contribution >= 0.6 is 0 Å². The van der Waals surface area contributed by atoms with Crippen molar-refractivity contribution in [2.24, 2.45) is 0 Å². The standard InChI is InChI=1S/C10H13AsO/c1-3-8-5-4-6-9(7-12)10(8)11-2/h4-7,11H,3H2,1-2H3. The van der Waals surface area contributed by atoms with Gasteiger partial charge in [0.25, 0.3) is 0 Å². The van der Waals surface area contributed by atoms with Gasteiger partial charge in [-0.05, 0) is 0 Å². The number of aryl methyl sites for hydroxylation is 1. The Hall–Kier alpha value is -0.552. The minimum absolute atomic E-state index is 0.104. The molecule has 0 spiro atoms. The van der Waals surface area contributed by atoms with Crippen molar-refractivity contribution in [3.8, 4) is 0 Å². The number of hydrogen-bond donors (Lipinski definition) is 0. The predicted octanol–water partition coefficient (Wildman–Crippen LogP) is 1.17. The van der Waals surface area contributed by atoms with E-state index in [1.807, 2.05) is 12.1 Å². The van der Waals surface area contributed by atoms with Crippen molar-refractivity contribution >= 4 is 26.4 Å². The van der Waals surface area contributed by atoms with E-state index in [4.69, 9.17) is 0 Å². The van der Waals surface area contributed by atoms with Gasteiger partial charge in [-0.3, -0.25) is 0 Å². The average molecular weight is 224 g/mol. The second-order valence-electron chi connectivity index (χ2n) is 2.60. The third kappa shape index (κ3) is 1.78. The molecule has 0 saturated carbocycles. The number of aldehydes is 1. The molecule has 12 heavy (non-hydrogen) atoms. The van der Waals surface area contributed by atoms with Gasteiger partial charge in [0.15, 0.2) is 0 Å². The molecule has 0 bridgehead atoms. The van der Waals surface area contributed by atoms with Crippen LogP contribution < -0.4 is 4.35 Å². The summed E-state index contributed by atoms with van der Waals surface area (Å²) >= 11 is -0.104. The summed E-state index contributed by atoms with van der Waals surface area (Å²) in [6.45, 7) is 2.13. The molecule has 1 aromatic carbocycles. The molecule has 1 nitrogen and oxygen atoms in total. The van der Waals surface area contributed by atoms with Crippen LogP contribution in [0.25, 0.3) is 0 Å². The summed E-state index contributed by atoms with van der Waals surface area (Å²) < 4.78 is 1.33. The van der Waals surface area contributed by atoms with Gasteiger partial charge in [-0.2, -0.15) is 0 Å². The van der Waals surface area contributed by atoms with Gasteiger partial charge in [0.2, 0.25) is 0 Å². The van der Waals surface area contributed by atoms with Crippen LogP contribution in [-0.4, -0.2) is 22.0 Å². The minimum atomic E-state index is -0.104. The van der Waals surface area contributed by atoms with E-state index in [0.29, 0.717) is 0 Å². The zero-order valence-electron chi connectivity index (χ0n) is 7.42. The van der Waals surface area contributed by atoms with Crippen molar-refractivity contribution in [2.45, 2.75) is 19.1 Å². The van der Waals surface area contributed by atoms with Crippen molar-refractivity contribution in [1.82, 2.24) is 0 Å². The Bertz CT molecular complexity index is 281. The normalized spacial score (nSPS) is 10.8. The predicted molar refractivity (Wildman–Crippen MR) is 53.9 cm³/mol. The van der Waals surface area contributed by atoms with Crippen LogP contribution in [0.2, 0.25) is 5.71 Å². The fourth-order valence-electron chi connectivity index (χ4n) is 1.32. The topological polar surface area (TPSA) is 17.1 Å². The Morgan fingerprint density at radius 2 is 2.25 bits per heavy atom. The molecule has 1 atom stereocenters. The van der Waals surface area contributed by atoms with Gasteiger partial charge in [-0.25, -0.2) is 0 Å². The average Bonchev–Trinajstić information content (AvgIpc) is 2.16. The number of rotatable bonds is 3. The molecule has 0 fully saturated rings. The quantitative estimate of drug-likeness (QED) is 0.556. The Morgan fingerprint density at radius 3 is 2.75 bits per heavy atom. The van der Waals surface area contributed by atoms with E-state index in [2.05, 4.69) is 18.7 Å². The zero-order valence-corrected chi connectivity index (χ0v) is 9.52. The van der Waals surface area contributed by atoms with Crippen LogP contribution in [-0.2, 0) is 6.42 Å². The molecule has 0 saturated heterocycles. The van der Waals surface area contributed by atoms with E-state index >= 15 is 0 Å².